The van der Waals surface area contributed by atoms with Crippen molar-refractivity contribution in [2.24, 2.45) is 5.92 Å². The highest BCUT2D eigenvalue weighted by atomic mass is 35.5. The summed E-state index contributed by atoms with van der Waals surface area (Å²) in [7, 11) is 0. The summed E-state index contributed by atoms with van der Waals surface area (Å²) in [6.07, 6.45) is 0.152. The number of halogens is 1. The lowest BCUT2D eigenvalue weighted by atomic mass is 10.1. The number of fused-ring (bicyclic) bond motifs is 1. The van der Waals surface area contributed by atoms with Crippen molar-refractivity contribution < 1.29 is 14.3 Å². The third-order valence-corrected chi connectivity index (χ3v) is 6.06. The molecular weight excluding hydrogens is 436 g/mol. The summed E-state index contributed by atoms with van der Waals surface area (Å²) < 4.78 is 6.06. The average Bonchev–Trinajstić information content (AvgIpc) is 3.22. The lowest BCUT2D eigenvalue weighted by Crippen LogP contribution is -2.28. The Hall–Kier alpha value is -3.83. The molecule has 1 heterocycles. The Kier molecular flexibility index (Phi) is 5.71. The Morgan fingerprint density at radius 2 is 1.64 bits per heavy atom. The van der Waals surface area contributed by atoms with Crippen molar-refractivity contribution in [3.8, 4) is 11.5 Å². The van der Waals surface area contributed by atoms with E-state index in [4.69, 9.17) is 16.3 Å². The number of carbonyl (C=O) groups excluding carboxylic acids is 2. The van der Waals surface area contributed by atoms with E-state index in [1.165, 1.54) is 0 Å². The molecule has 0 aliphatic carbocycles. The van der Waals surface area contributed by atoms with Gasteiger partial charge in [-0.2, -0.15) is 0 Å². The van der Waals surface area contributed by atoms with Gasteiger partial charge in [-0.15, -0.1) is 0 Å². The molecule has 0 radical (unpaired) electrons. The van der Waals surface area contributed by atoms with E-state index in [0.717, 1.165) is 16.5 Å². The lowest BCUT2D eigenvalue weighted by Gasteiger charge is -2.18. The van der Waals surface area contributed by atoms with E-state index in [-0.39, 0.29) is 18.2 Å². The van der Waals surface area contributed by atoms with E-state index >= 15 is 0 Å². The molecule has 0 spiro atoms. The molecule has 5 nitrogen and oxygen atoms in total. The monoisotopic (exact) mass is 456 g/mol. The van der Waals surface area contributed by atoms with Gasteiger partial charge >= 0.3 is 0 Å². The van der Waals surface area contributed by atoms with Crippen LogP contribution in [-0.2, 0) is 9.59 Å². The number of hydrogen-bond acceptors (Lipinski definition) is 3. The molecule has 4 aromatic carbocycles. The first kappa shape index (κ1) is 21.0. The number of nitrogens with one attached hydrogen (secondary N) is 1. The van der Waals surface area contributed by atoms with Gasteiger partial charge in [0.25, 0.3) is 0 Å². The molecule has 5 rings (SSSR count). The molecule has 1 aliphatic heterocycles. The van der Waals surface area contributed by atoms with Crippen LogP contribution in [-0.4, -0.2) is 18.4 Å². The van der Waals surface area contributed by atoms with Gasteiger partial charge in [0.2, 0.25) is 11.8 Å². The number of para-hydroxylation sites is 1. The van der Waals surface area contributed by atoms with E-state index in [2.05, 4.69) is 5.32 Å². The molecule has 33 heavy (non-hydrogen) atoms. The Bertz CT molecular complexity index is 1330. The van der Waals surface area contributed by atoms with Crippen LogP contribution in [0.2, 0.25) is 5.02 Å². The first-order chi connectivity index (χ1) is 16.1. The van der Waals surface area contributed by atoms with Crippen LogP contribution in [0.3, 0.4) is 0 Å². The van der Waals surface area contributed by atoms with E-state index in [1.807, 2.05) is 66.7 Å². The van der Waals surface area contributed by atoms with E-state index in [1.54, 1.807) is 29.2 Å². The molecule has 1 aliphatic rings. The summed E-state index contributed by atoms with van der Waals surface area (Å²) in [5.74, 6) is 0.697. The Balaban J connectivity index is 1.24. The first-order valence-corrected chi connectivity index (χ1v) is 11.1. The molecular formula is C27H21ClN2O3. The second-order valence-electron chi connectivity index (χ2n) is 7.95. The SMILES string of the molecule is O=C(Nc1ccc(Oc2cccc3ccccc23)cc1)[C@@H]1CC(=O)N(c2ccccc2Cl)C1. The number of carbonyl (C=O) groups is 2. The van der Waals surface area contributed by atoms with Gasteiger partial charge < -0.3 is 15.0 Å². The molecule has 164 valence electrons. The lowest BCUT2D eigenvalue weighted by molar-refractivity contribution is -0.122. The highest BCUT2D eigenvalue weighted by Gasteiger charge is 2.35. The number of nitrogens with zero attached hydrogens (tertiary/aromatic N) is 1. The molecule has 1 fully saturated rings. The van der Waals surface area contributed by atoms with Crippen LogP contribution in [0.25, 0.3) is 10.8 Å². The molecule has 1 saturated heterocycles. The number of hydrogen-bond donors (Lipinski definition) is 1. The van der Waals surface area contributed by atoms with Crippen LogP contribution in [0.1, 0.15) is 6.42 Å². The van der Waals surface area contributed by atoms with Crippen molar-refractivity contribution in [3.05, 3.63) is 96.0 Å². The minimum absolute atomic E-state index is 0.109. The van der Waals surface area contributed by atoms with Crippen molar-refractivity contribution >= 4 is 45.6 Å². The second-order valence-corrected chi connectivity index (χ2v) is 8.36. The van der Waals surface area contributed by atoms with Crippen molar-refractivity contribution in [2.45, 2.75) is 6.42 Å². The summed E-state index contributed by atoms with van der Waals surface area (Å²) in [5, 5.41) is 5.54. The maximum atomic E-state index is 12.8. The molecule has 0 aromatic heterocycles. The van der Waals surface area contributed by atoms with Crippen LogP contribution < -0.4 is 15.0 Å². The minimum Gasteiger partial charge on any atom is -0.457 e. The van der Waals surface area contributed by atoms with Crippen molar-refractivity contribution in [1.82, 2.24) is 0 Å². The fourth-order valence-corrected chi connectivity index (χ4v) is 4.29. The van der Waals surface area contributed by atoms with Crippen molar-refractivity contribution in [3.63, 3.8) is 0 Å². The van der Waals surface area contributed by atoms with Gasteiger partial charge in [-0.05, 0) is 47.9 Å². The summed E-state index contributed by atoms with van der Waals surface area (Å²) in [6.45, 7) is 0.302. The van der Waals surface area contributed by atoms with Gasteiger partial charge in [0, 0.05) is 24.0 Å². The predicted octanol–water partition coefficient (Wildman–Crippen LogP) is 6.28. The fourth-order valence-electron chi connectivity index (χ4n) is 4.05. The van der Waals surface area contributed by atoms with Crippen LogP contribution in [0, 0.1) is 5.92 Å². The number of benzene rings is 4. The van der Waals surface area contributed by atoms with Gasteiger partial charge in [-0.3, -0.25) is 9.59 Å². The van der Waals surface area contributed by atoms with E-state index in [0.29, 0.717) is 28.7 Å². The highest BCUT2D eigenvalue weighted by Crippen LogP contribution is 2.32. The zero-order valence-electron chi connectivity index (χ0n) is 17.7. The molecule has 1 atom stereocenters. The number of amides is 2. The topological polar surface area (TPSA) is 58.6 Å². The molecule has 0 unspecified atom stereocenters. The molecule has 2 amide bonds. The maximum Gasteiger partial charge on any atom is 0.229 e. The van der Waals surface area contributed by atoms with Gasteiger partial charge in [0.15, 0.2) is 0 Å². The largest absolute Gasteiger partial charge is 0.457 e. The molecule has 0 saturated carbocycles. The molecule has 4 aromatic rings. The van der Waals surface area contributed by atoms with Crippen LogP contribution in [0.4, 0.5) is 11.4 Å². The first-order valence-electron chi connectivity index (χ1n) is 10.7. The van der Waals surface area contributed by atoms with Crippen LogP contribution in [0.5, 0.6) is 11.5 Å². The standard InChI is InChI=1S/C27H21ClN2O3/c28-23-9-3-4-10-24(23)30-17-19(16-26(30)31)27(32)29-20-12-14-21(15-13-20)33-25-11-5-7-18-6-1-2-8-22(18)25/h1-15,19H,16-17H2,(H,29,32)/t19-/m1/s1. The second kappa shape index (κ2) is 8.96. The Morgan fingerprint density at radius 1 is 0.909 bits per heavy atom. The molecule has 1 N–H and O–H groups in total. The predicted molar refractivity (Wildman–Crippen MR) is 131 cm³/mol. The molecule has 0 bridgehead atoms. The Labute approximate surface area is 196 Å². The third kappa shape index (κ3) is 4.41. The summed E-state index contributed by atoms with van der Waals surface area (Å²) in [6, 6.07) is 28.3. The van der Waals surface area contributed by atoms with E-state index in [9.17, 15) is 9.59 Å². The zero-order valence-corrected chi connectivity index (χ0v) is 18.5. The van der Waals surface area contributed by atoms with Gasteiger partial charge in [0.1, 0.15) is 11.5 Å². The number of ether oxygens (including phenoxy) is 1. The Morgan fingerprint density at radius 3 is 2.45 bits per heavy atom. The highest BCUT2D eigenvalue weighted by molar-refractivity contribution is 6.33. The summed E-state index contributed by atoms with van der Waals surface area (Å²) in [4.78, 5) is 26.8. The van der Waals surface area contributed by atoms with Crippen molar-refractivity contribution in [2.75, 3.05) is 16.8 Å². The number of anilines is 2. The quantitative estimate of drug-likeness (QED) is 0.384. The smallest absolute Gasteiger partial charge is 0.229 e. The maximum absolute atomic E-state index is 12.8. The number of rotatable bonds is 5. The normalized spacial score (nSPS) is 15.6. The van der Waals surface area contributed by atoms with Gasteiger partial charge in [-0.25, -0.2) is 0 Å². The summed E-state index contributed by atoms with van der Waals surface area (Å²) in [5.41, 5.74) is 1.28. The van der Waals surface area contributed by atoms with Gasteiger partial charge in [-0.1, -0.05) is 60.1 Å². The average molecular weight is 457 g/mol. The van der Waals surface area contributed by atoms with Crippen molar-refractivity contribution in [1.29, 1.82) is 0 Å². The van der Waals surface area contributed by atoms with Crippen LogP contribution >= 0.6 is 11.6 Å². The van der Waals surface area contributed by atoms with Gasteiger partial charge in [0.05, 0.1) is 16.6 Å². The summed E-state index contributed by atoms with van der Waals surface area (Å²) >= 11 is 6.23. The zero-order chi connectivity index (χ0) is 22.8. The third-order valence-electron chi connectivity index (χ3n) is 5.74. The van der Waals surface area contributed by atoms with E-state index < -0.39 is 5.92 Å². The fraction of sp³-hybridized carbons (Fsp3) is 0.111. The molecule has 6 heteroatoms. The minimum atomic E-state index is -0.444. The van der Waals surface area contributed by atoms with Crippen LogP contribution in [0.15, 0.2) is 91.0 Å².